The van der Waals surface area contributed by atoms with Gasteiger partial charge in [0.1, 0.15) is 5.75 Å². The van der Waals surface area contributed by atoms with Crippen molar-refractivity contribution in [3.05, 3.63) is 23.8 Å². The van der Waals surface area contributed by atoms with Crippen LogP contribution in [-0.2, 0) is 0 Å². The minimum absolute atomic E-state index is 0.105. The zero-order chi connectivity index (χ0) is 15.0. The number of ether oxygens (including phenoxy) is 1. The second kappa shape index (κ2) is 8.43. The first-order chi connectivity index (χ1) is 9.62. The van der Waals surface area contributed by atoms with Gasteiger partial charge in [-0.1, -0.05) is 13.8 Å². The number of hydrogen-bond donors (Lipinski definition) is 2. The van der Waals surface area contributed by atoms with Crippen LogP contribution in [0.4, 0.5) is 5.69 Å². The van der Waals surface area contributed by atoms with E-state index < -0.39 is 0 Å². The molecule has 0 aromatic heterocycles. The Morgan fingerprint density at radius 2 is 2.00 bits per heavy atom. The van der Waals surface area contributed by atoms with Crippen LogP contribution >= 0.6 is 0 Å². The average Bonchev–Trinajstić information content (AvgIpc) is 2.45. The molecule has 0 aliphatic carbocycles. The molecule has 0 unspecified atom stereocenters. The van der Waals surface area contributed by atoms with Gasteiger partial charge in [0.25, 0.3) is 5.91 Å². The van der Waals surface area contributed by atoms with E-state index in [1.54, 1.807) is 18.2 Å². The number of amides is 1. The Labute approximate surface area is 121 Å². The van der Waals surface area contributed by atoms with Crippen molar-refractivity contribution in [1.82, 2.24) is 10.2 Å². The lowest BCUT2D eigenvalue weighted by Gasteiger charge is -2.18. The summed E-state index contributed by atoms with van der Waals surface area (Å²) in [6, 6.07) is 5.12. The van der Waals surface area contributed by atoms with Gasteiger partial charge in [-0.3, -0.25) is 4.79 Å². The highest BCUT2D eigenvalue weighted by Gasteiger charge is 2.08. The van der Waals surface area contributed by atoms with Crippen molar-refractivity contribution in [2.24, 2.45) is 0 Å². The van der Waals surface area contributed by atoms with E-state index in [0.717, 1.165) is 19.6 Å². The Hall–Kier alpha value is -1.75. The van der Waals surface area contributed by atoms with Crippen molar-refractivity contribution in [3.8, 4) is 5.75 Å². The summed E-state index contributed by atoms with van der Waals surface area (Å²) in [5.41, 5.74) is 6.90. The minimum Gasteiger partial charge on any atom is -0.492 e. The van der Waals surface area contributed by atoms with E-state index in [2.05, 4.69) is 24.1 Å². The summed E-state index contributed by atoms with van der Waals surface area (Å²) in [5, 5.41) is 2.90. The predicted molar refractivity (Wildman–Crippen MR) is 82.1 cm³/mol. The number of carbonyl (C=O) groups is 1. The molecule has 0 saturated carbocycles. The van der Waals surface area contributed by atoms with Crippen LogP contribution < -0.4 is 15.8 Å². The second-order valence-corrected chi connectivity index (χ2v) is 4.47. The fourth-order valence-corrected chi connectivity index (χ4v) is 1.95. The number of carbonyl (C=O) groups excluding carboxylic acids is 1. The molecule has 1 aromatic carbocycles. The zero-order valence-electron chi connectivity index (χ0n) is 12.6. The van der Waals surface area contributed by atoms with Crippen molar-refractivity contribution >= 4 is 11.6 Å². The number of benzene rings is 1. The molecular formula is C15H25N3O2. The normalized spacial score (nSPS) is 10.6. The van der Waals surface area contributed by atoms with Crippen molar-refractivity contribution < 1.29 is 9.53 Å². The molecule has 0 aliphatic rings. The average molecular weight is 279 g/mol. The fourth-order valence-electron chi connectivity index (χ4n) is 1.95. The number of rotatable bonds is 8. The lowest BCUT2D eigenvalue weighted by atomic mass is 10.1. The molecule has 0 fully saturated rings. The maximum Gasteiger partial charge on any atom is 0.251 e. The Morgan fingerprint density at radius 3 is 2.55 bits per heavy atom. The number of likely N-dealkylation sites (N-methyl/N-ethyl adjacent to an activating group) is 1. The third kappa shape index (κ3) is 4.74. The summed E-state index contributed by atoms with van der Waals surface area (Å²) in [5.74, 6) is 0.513. The Morgan fingerprint density at radius 1 is 1.30 bits per heavy atom. The maximum atomic E-state index is 12.0. The number of nitrogens with zero attached hydrogens (tertiary/aromatic N) is 1. The topological polar surface area (TPSA) is 67.6 Å². The number of nitrogen functional groups attached to an aromatic ring is 1. The van der Waals surface area contributed by atoms with Gasteiger partial charge in [0.15, 0.2) is 0 Å². The van der Waals surface area contributed by atoms with Crippen LogP contribution in [-0.4, -0.2) is 43.6 Å². The molecule has 0 aliphatic heterocycles. The zero-order valence-corrected chi connectivity index (χ0v) is 12.6. The van der Waals surface area contributed by atoms with Crippen LogP contribution in [0.3, 0.4) is 0 Å². The van der Waals surface area contributed by atoms with E-state index in [1.165, 1.54) is 0 Å². The van der Waals surface area contributed by atoms with Crippen LogP contribution in [0, 0.1) is 0 Å². The first-order valence-electron chi connectivity index (χ1n) is 7.15. The summed E-state index contributed by atoms with van der Waals surface area (Å²) in [6.45, 7) is 10.1. The fraction of sp³-hybridized carbons (Fsp3) is 0.533. The first kappa shape index (κ1) is 16.3. The van der Waals surface area contributed by atoms with E-state index >= 15 is 0 Å². The molecule has 1 amide bonds. The van der Waals surface area contributed by atoms with E-state index in [1.807, 2.05) is 6.92 Å². The third-order valence-electron chi connectivity index (χ3n) is 3.18. The largest absolute Gasteiger partial charge is 0.492 e. The summed E-state index contributed by atoms with van der Waals surface area (Å²) in [4.78, 5) is 14.3. The highest BCUT2D eigenvalue weighted by Crippen LogP contribution is 2.22. The summed E-state index contributed by atoms with van der Waals surface area (Å²) < 4.78 is 5.35. The van der Waals surface area contributed by atoms with E-state index in [0.29, 0.717) is 30.2 Å². The molecular weight excluding hydrogens is 254 g/mol. The van der Waals surface area contributed by atoms with Gasteiger partial charge in [0.05, 0.1) is 12.3 Å². The molecule has 5 heteroatoms. The minimum atomic E-state index is -0.105. The SMILES string of the molecule is CCOc1ccc(C(=O)NCCN(CC)CC)cc1N. The van der Waals surface area contributed by atoms with Gasteiger partial charge in [0.2, 0.25) is 0 Å². The molecule has 0 atom stereocenters. The van der Waals surface area contributed by atoms with E-state index in [4.69, 9.17) is 10.5 Å². The second-order valence-electron chi connectivity index (χ2n) is 4.47. The van der Waals surface area contributed by atoms with E-state index in [9.17, 15) is 4.79 Å². The molecule has 5 nitrogen and oxygen atoms in total. The standard InChI is InChI=1S/C15H25N3O2/c1-4-18(5-2)10-9-17-15(19)12-7-8-14(20-6-3)13(16)11-12/h7-8,11H,4-6,9-10,16H2,1-3H3,(H,17,19). The van der Waals surface area contributed by atoms with E-state index in [-0.39, 0.29) is 5.91 Å². The number of nitrogens with two attached hydrogens (primary N) is 1. The molecule has 112 valence electrons. The van der Waals surface area contributed by atoms with Crippen LogP contribution in [0.1, 0.15) is 31.1 Å². The Balaban J connectivity index is 2.53. The number of anilines is 1. The molecule has 1 aromatic rings. The molecule has 20 heavy (non-hydrogen) atoms. The summed E-state index contributed by atoms with van der Waals surface area (Å²) >= 11 is 0. The van der Waals surface area contributed by atoms with Crippen molar-refractivity contribution in [2.45, 2.75) is 20.8 Å². The lowest BCUT2D eigenvalue weighted by molar-refractivity contribution is 0.0949. The van der Waals surface area contributed by atoms with Crippen molar-refractivity contribution in [3.63, 3.8) is 0 Å². The summed E-state index contributed by atoms with van der Waals surface area (Å²) in [7, 11) is 0. The lowest BCUT2D eigenvalue weighted by Crippen LogP contribution is -2.34. The van der Waals surface area contributed by atoms with Crippen LogP contribution in [0.5, 0.6) is 5.75 Å². The molecule has 0 bridgehead atoms. The van der Waals surface area contributed by atoms with Crippen LogP contribution in [0.25, 0.3) is 0 Å². The highest BCUT2D eigenvalue weighted by molar-refractivity contribution is 5.95. The Bertz CT molecular complexity index is 431. The maximum absolute atomic E-state index is 12.0. The van der Waals surface area contributed by atoms with Crippen molar-refractivity contribution in [2.75, 3.05) is 38.5 Å². The summed E-state index contributed by atoms with van der Waals surface area (Å²) in [6.07, 6.45) is 0. The van der Waals surface area contributed by atoms with Gasteiger partial charge in [0, 0.05) is 18.7 Å². The number of hydrogen-bond acceptors (Lipinski definition) is 4. The Kier molecular flexibility index (Phi) is 6.87. The predicted octanol–water partition coefficient (Wildman–Crippen LogP) is 1.74. The molecule has 0 saturated heterocycles. The van der Waals surface area contributed by atoms with Crippen LogP contribution in [0.2, 0.25) is 0 Å². The molecule has 1 rings (SSSR count). The number of nitrogens with one attached hydrogen (secondary N) is 1. The van der Waals surface area contributed by atoms with Gasteiger partial charge in [-0.15, -0.1) is 0 Å². The van der Waals surface area contributed by atoms with Crippen molar-refractivity contribution in [1.29, 1.82) is 0 Å². The van der Waals surface area contributed by atoms with Gasteiger partial charge >= 0.3 is 0 Å². The smallest absolute Gasteiger partial charge is 0.251 e. The first-order valence-corrected chi connectivity index (χ1v) is 7.15. The molecule has 0 heterocycles. The monoisotopic (exact) mass is 279 g/mol. The molecule has 0 spiro atoms. The molecule has 0 radical (unpaired) electrons. The van der Waals surface area contributed by atoms with Gasteiger partial charge in [-0.25, -0.2) is 0 Å². The van der Waals surface area contributed by atoms with Gasteiger partial charge < -0.3 is 20.7 Å². The molecule has 3 N–H and O–H groups in total. The highest BCUT2D eigenvalue weighted by atomic mass is 16.5. The quantitative estimate of drug-likeness (QED) is 0.711. The third-order valence-corrected chi connectivity index (χ3v) is 3.18. The van der Waals surface area contributed by atoms with Gasteiger partial charge in [-0.05, 0) is 38.2 Å². The van der Waals surface area contributed by atoms with Crippen LogP contribution in [0.15, 0.2) is 18.2 Å². The van der Waals surface area contributed by atoms with Gasteiger partial charge in [-0.2, -0.15) is 0 Å².